The standard InChI is InChI=1S/C37H43N4S.HI/c1-28-20-24-40(25-21-28)22-9-23-41-35-12-7-8-13-36(35)42-37(41)27-30-26-32(39(4)34-11-6-5-10-33(30)34)19-16-29-14-17-31(18-15-29)38(2)3;/h5-8,10-19,26-28H,9,20-25H2,1-4H3;1H/q+1;/p-1. The molecule has 2 aliphatic rings. The lowest BCUT2D eigenvalue weighted by Gasteiger charge is -2.31. The summed E-state index contributed by atoms with van der Waals surface area (Å²) in [7, 11) is 6.32. The highest BCUT2D eigenvalue weighted by Crippen LogP contribution is 2.46. The number of likely N-dealkylation sites (tertiary alicyclic amines) is 1. The fourth-order valence-corrected chi connectivity index (χ4v) is 7.23. The fraction of sp³-hybridized carbons (Fsp3) is 0.324. The predicted octanol–water partition coefficient (Wildman–Crippen LogP) is 4.94. The SMILES string of the molecule is CC1CCN(CCCN2/C(=C/c3cc(/C=C/c4ccc(N(C)C)cc4)[n+](C)c4ccccc34)Sc3ccccc32)CC1.[I-]. The summed E-state index contributed by atoms with van der Waals surface area (Å²) >= 11 is 1.90. The number of hydrogen-bond acceptors (Lipinski definition) is 4. The summed E-state index contributed by atoms with van der Waals surface area (Å²) in [6.45, 7) is 7.11. The van der Waals surface area contributed by atoms with Crippen LogP contribution in [0.15, 0.2) is 88.8 Å². The molecule has 0 unspecified atom stereocenters. The molecule has 3 heterocycles. The molecule has 0 N–H and O–H groups in total. The first kappa shape index (κ1) is 31.6. The highest BCUT2D eigenvalue weighted by atomic mass is 127. The van der Waals surface area contributed by atoms with Gasteiger partial charge in [-0.1, -0.05) is 55.1 Å². The number of piperidine rings is 1. The predicted molar refractivity (Wildman–Crippen MR) is 182 cm³/mol. The Morgan fingerprint density at radius 1 is 0.907 bits per heavy atom. The van der Waals surface area contributed by atoms with Crippen molar-refractivity contribution in [1.29, 1.82) is 0 Å². The Morgan fingerprint density at radius 3 is 2.40 bits per heavy atom. The van der Waals surface area contributed by atoms with Crippen LogP contribution in [0.25, 0.3) is 29.1 Å². The third-order valence-electron chi connectivity index (χ3n) is 8.77. The van der Waals surface area contributed by atoms with Crippen LogP contribution in [0.4, 0.5) is 11.4 Å². The number of para-hydroxylation sites is 2. The first-order valence-electron chi connectivity index (χ1n) is 15.3. The molecule has 0 aliphatic carbocycles. The zero-order valence-corrected chi connectivity index (χ0v) is 28.8. The van der Waals surface area contributed by atoms with Gasteiger partial charge >= 0.3 is 0 Å². The lowest BCUT2D eigenvalue weighted by Crippen LogP contribution is -3.00. The normalized spacial score (nSPS) is 16.7. The maximum Gasteiger partial charge on any atom is 0.213 e. The average molecular weight is 703 g/mol. The van der Waals surface area contributed by atoms with Crippen LogP contribution in [0.1, 0.15) is 43.0 Å². The summed E-state index contributed by atoms with van der Waals surface area (Å²) in [6, 6.07) is 28.7. The minimum Gasteiger partial charge on any atom is -1.00 e. The van der Waals surface area contributed by atoms with Crippen LogP contribution in [-0.2, 0) is 7.05 Å². The first-order valence-corrected chi connectivity index (χ1v) is 16.1. The van der Waals surface area contributed by atoms with E-state index in [4.69, 9.17) is 0 Å². The van der Waals surface area contributed by atoms with Gasteiger partial charge in [0.1, 0.15) is 7.05 Å². The maximum atomic E-state index is 2.66. The molecule has 1 fully saturated rings. The molecule has 4 nitrogen and oxygen atoms in total. The second kappa shape index (κ2) is 14.3. The zero-order chi connectivity index (χ0) is 29.1. The molecule has 0 spiro atoms. The van der Waals surface area contributed by atoms with Gasteiger partial charge in [0, 0.05) is 49.4 Å². The maximum absolute atomic E-state index is 2.66. The van der Waals surface area contributed by atoms with E-state index in [-0.39, 0.29) is 24.0 Å². The molecule has 224 valence electrons. The van der Waals surface area contributed by atoms with Crippen LogP contribution in [0.2, 0.25) is 0 Å². The van der Waals surface area contributed by atoms with Gasteiger partial charge in [0.25, 0.3) is 0 Å². The van der Waals surface area contributed by atoms with Crippen molar-refractivity contribution in [3.05, 3.63) is 101 Å². The summed E-state index contributed by atoms with van der Waals surface area (Å²) in [5, 5.41) is 2.59. The number of pyridine rings is 1. The lowest BCUT2D eigenvalue weighted by molar-refractivity contribution is -0.646. The molecule has 6 heteroatoms. The number of hydrogen-bond donors (Lipinski definition) is 0. The molecule has 3 aromatic carbocycles. The molecule has 0 atom stereocenters. The molecule has 43 heavy (non-hydrogen) atoms. The second-order valence-electron chi connectivity index (χ2n) is 12.0. The van der Waals surface area contributed by atoms with Crippen LogP contribution in [0.5, 0.6) is 0 Å². The van der Waals surface area contributed by atoms with Crippen LogP contribution >= 0.6 is 11.8 Å². The van der Waals surface area contributed by atoms with E-state index in [2.05, 4.69) is 144 Å². The van der Waals surface area contributed by atoms with E-state index in [1.54, 1.807) is 0 Å². The highest BCUT2D eigenvalue weighted by molar-refractivity contribution is 8.03. The van der Waals surface area contributed by atoms with Gasteiger partial charge in [0.2, 0.25) is 11.2 Å². The number of aromatic nitrogens is 1. The van der Waals surface area contributed by atoms with Gasteiger partial charge in [-0.05, 0) is 98.4 Å². The quantitative estimate of drug-likeness (QED) is 0.191. The van der Waals surface area contributed by atoms with Crippen molar-refractivity contribution in [1.82, 2.24) is 4.90 Å². The fourth-order valence-electron chi connectivity index (χ4n) is 6.09. The van der Waals surface area contributed by atoms with Gasteiger partial charge in [-0.15, -0.1) is 0 Å². The number of benzene rings is 3. The lowest BCUT2D eigenvalue weighted by atomic mass is 9.99. The molecular formula is C37H43IN4S. The summed E-state index contributed by atoms with van der Waals surface area (Å²) in [6.07, 6.45) is 10.7. The van der Waals surface area contributed by atoms with Crippen molar-refractivity contribution < 1.29 is 28.5 Å². The number of halogens is 1. The topological polar surface area (TPSA) is 13.6 Å². The molecule has 0 bridgehead atoms. The Bertz CT molecular complexity index is 1600. The smallest absolute Gasteiger partial charge is 0.213 e. The molecule has 0 amide bonds. The van der Waals surface area contributed by atoms with E-state index in [0.29, 0.717) is 0 Å². The Labute approximate surface area is 279 Å². The molecule has 2 aliphatic heterocycles. The minimum atomic E-state index is 0. The van der Waals surface area contributed by atoms with Crippen molar-refractivity contribution >= 4 is 52.3 Å². The molecule has 0 radical (unpaired) electrons. The highest BCUT2D eigenvalue weighted by Gasteiger charge is 2.26. The number of rotatable bonds is 8. The molecule has 1 aromatic heterocycles. The average Bonchev–Trinajstić information content (AvgIpc) is 3.36. The Morgan fingerprint density at radius 2 is 1.63 bits per heavy atom. The van der Waals surface area contributed by atoms with Crippen molar-refractivity contribution in [3.63, 3.8) is 0 Å². The van der Waals surface area contributed by atoms with E-state index in [0.717, 1.165) is 12.5 Å². The number of aryl methyl sites for hydroxylation is 1. The van der Waals surface area contributed by atoms with Crippen molar-refractivity contribution in [2.45, 2.75) is 31.1 Å². The van der Waals surface area contributed by atoms with E-state index in [1.165, 1.54) is 87.9 Å². The van der Waals surface area contributed by atoms with Gasteiger partial charge in [-0.3, -0.25) is 0 Å². The molecule has 1 saturated heterocycles. The van der Waals surface area contributed by atoms with Gasteiger partial charge in [0.05, 0.1) is 16.1 Å². The summed E-state index contributed by atoms with van der Waals surface area (Å²) in [5.74, 6) is 0.878. The molecule has 0 saturated carbocycles. The number of fused-ring (bicyclic) bond motifs is 2. The van der Waals surface area contributed by atoms with E-state index in [1.807, 2.05) is 11.8 Å². The van der Waals surface area contributed by atoms with Crippen molar-refractivity contribution in [3.8, 4) is 0 Å². The minimum absolute atomic E-state index is 0. The van der Waals surface area contributed by atoms with E-state index >= 15 is 0 Å². The van der Waals surface area contributed by atoms with Gasteiger partial charge in [0.15, 0.2) is 0 Å². The third-order valence-corrected chi connectivity index (χ3v) is 9.88. The summed E-state index contributed by atoms with van der Waals surface area (Å²) in [5.41, 5.74) is 7.43. The van der Waals surface area contributed by atoms with Gasteiger partial charge < -0.3 is 38.7 Å². The summed E-state index contributed by atoms with van der Waals surface area (Å²) < 4.78 is 2.30. The summed E-state index contributed by atoms with van der Waals surface area (Å²) in [4.78, 5) is 8.70. The van der Waals surface area contributed by atoms with Crippen LogP contribution in [0, 0.1) is 5.92 Å². The van der Waals surface area contributed by atoms with Crippen molar-refractivity contribution in [2.75, 3.05) is 50.1 Å². The van der Waals surface area contributed by atoms with Crippen LogP contribution in [0.3, 0.4) is 0 Å². The molecular weight excluding hydrogens is 659 g/mol. The van der Waals surface area contributed by atoms with E-state index in [9.17, 15) is 0 Å². The van der Waals surface area contributed by atoms with E-state index < -0.39 is 0 Å². The Hall–Kier alpha value is -2.81. The largest absolute Gasteiger partial charge is 1.00 e. The first-order chi connectivity index (χ1) is 20.5. The molecule has 4 aromatic rings. The van der Waals surface area contributed by atoms with Crippen LogP contribution < -0.4 is 38.3 Å². The number of anilines is 2. The van der Waals surface area contributed by atoms with Crippen LogP contribution in [-0.4, -0.2) is 45.2 Å². The van der Waals surface area contributed by atoms with Crippen molar-refractivity contribution in [2.24, 2.45) is 13.0 Å². The number of thioether (sulfide) groups is 1. The second-order valence-corrected chi connectivity index (χ2v) is 13.1. The molecule has 6 rings (SSSR count). The van der Waals surface area contributed by atoms with Gasteiger partial charge in [-0.2, -0.15) is 4.57 Å². The Balaban J connectivity index is 0.00000368. The van der Waals surface area contributed by atoms with Gasteiger partial charge in [-0.25, -0.2) is 0 Å². The third kappa shape index (κ3) is 7.30. The Kier molecular flexibility index (Phi) is 10.5. The zero-order valence-electron chi connectivity index (χ0n) is 25.8. The monoisotopic (exact) mass is 702 g/mol. The number of nitrogens with zero attached hydrogens (tertiary/aromatic N) is 4.